The van der Waals surface area contributed by atoms with E-state index < -0.39 is 27.0 Å². The number of hydrogen-bond acceptors (Lipinski definition) is 5. The summed E-state index contributed by atoms with van der Waals surface area (Å²) in [7, 11) is -3.72. The molecule has 0 aromatic heterocycles. The number of carbonyl (C=O) groups excluding carboxylic acids is 1. The third kappa shape index (κ3) is 4.80. The van der Waals surface area contributed by atoms with Gasteiger partial charge in [-0.2, -0.15) is 0 Å². The van der Waals surface area contributed by atoms with Crippen molar-refractivity contribution in [3.05, 3.63) is 29.1 Å². The molecule has 2 saturated carbocycles. The Bertz CT molecular complexity index is 933. The van der Waals surface area contributed by atoms with E-state index >= 15 is 0 Å². The van der Waals surface area contributed by atoms with Gasteiger partial charge in [0.2, 0.25) is 10.0 Å². The highest BCUT2D eigenvalue weighted by Crippen LogP contribution is 2.45. The molecule has 1 aliphatic heterocycles. The van der Waals surface area contributed by atoms with Crippen LogP contribution in [0.5, 0.6) is 5.75 Å². The van der Waals surface area contributed by atoms with E-state index in [0.29, 0.717) is 18.6 Å². The fourth-order valence-corrected chi connectivity index (χ4v) is 5.32. The minimum absolute atomic E-state index is 0.0372. The van der Waals surface area contributed by atoms with Crippen molar-refractivity contribution in [3.63, 3.8) is 0 Å². The van der Waals surface area contributed by atoms with Crippen LogP contribution >= 0.6 is 0 Å². The van der Waals surface area contributed by atoms with Crippen molar-refractivity contribution in [3.8, 4) is 5.75 Å². The summed E-state index contributed by atoms with van der Waals surface area (Å²) in [6.07, 6.45) is 4.88. The molecule has 1 heterocycles. The molecule has 1 N–H and O–H groups in total. The summed E-state index contributed by atoms with van der Waals surface area (Å²) < 4.78 is 47.3. The van der Waals surface area contributed by atoms with Crippen LogP contribution in [0.15, 0.2) is 12.1 Å². The molecule has 2 aliphatic carbocycles. The smallest absolute Gasteiger partial charge is 0.267 e. The molecule has 4 rings (SSSR count). The number of likely N-dealkylation sites (tertiary alicyclic amines) is 1. The van der Waals surface area contributed by atoms with Crippen molar-refractivity contribution in [2.45, 2.75) is 82.1 Å². The van der Waals surface area contributed by atoms with Gasteiger partial charge in [-0.15, -0.1) is 0 Å². The zero-order valence-corrected chi connectivity index (χ0v) is 18.7. The highest BCUT2D eigenvalue weighted by Gasteiger charge is 2.38. The van der Waals surface area contributed by atoms with Gasteiger partial charge < -0.3 is 4.74 Å². The Morgan fingerprint density at radius 3 is 2.47 bits per heavy atom. The van der Waals surface area contributed by atoms with Gasteiger partial charge in [0.15, 0.2) is 0 Å². The molecule has 0 radical (unpaired) electrons. The van der Waals surface area contributed by atoms with Crippen LogP contribution in [0, 0.1) is 5.82 Å². The van der Waals surface area contributed by atoms with Gasteiger partial charge in [-0.3, -0.25) is 9.69 Å². The average Bonchev–Trinajstić information content (AvgIpc) is 3.54. The van der Waals surface area contributed by atoms with Crippen molar-refractivity contribution >= 4 is 15.9 Å². The second-order valence-corrected chi connectivity index (χ2v) is 11.8. The van der Waals surface area contributed by atoms with Crippen LogP contribution in [0.3, 0.4) is 0 Å². The van der Waals surface area contributed by atoms with Crippen molar-refractivity contribution in [1.29, 1.82) is 0 Å². The normalized spacial score (nSPS) is 23.3. The van der Waals surface area contributed by atoms with Crippen LogP contribution in [0.4, 0.5) is 4.39 Å². The van der Waals surface area contributed by atoms with Gasteiger partial charge in [0.05, 0.1) is 10.8 Å². The molecular weight excluding hydrogens is 407 g/mol. The first-order valence-electron chi connectivity index (χ1n) is 10.9. The van der Waals surface area contributed by atoms with Gasteiger partial charge in [0, 0.05) is 18.2 Å². The fraction of sp³-hybridized carbons (Fsp3) is 0.682. The number of halogens is 1. The number of ether oxygens (including phenoxy) is 1. The standard InChI is InChI=1S/C22H31FN2O4S/c1-22(2,3)25-10-4-5-15(13-25)29-20-12-19(23)18(11-17(20)14-6-7-14)21(26)24-30(27,28)16-8-9-16/h11-12,14-16H,4-10,13H2,1-3H3,(H,24,26)/t15-/m1/s1. The van der Waals surface area contributed by atoms with E-state index in [1.807, 2.05) is 4.72 Å². The molecule has 30 heavy (non-hydrogen) atoms. The van der Waals surface area contributed by atoms with E-state index in [1.54, 1.807) is 0 Å². The van der Waals surface area contributed by atoms with Gasteiger partial charge >= 0.3 is 0 Å². The number of amides is 1. The Balaban J connectivity index is 1.54. The molecule has 1 aromatic carbocycles. The van der Waals surface area contributed by atoms with E-state index in [2.05, 4.69) is 25.7 Å². The quantitative estimate of drug-likeness (QED) is 0.735. The largest absolute Gasteiger partial charge is 0.489 e. The number of nitrogens with one attached hydrogen (secondary N) is 1. The number of carbonyl (C=O) groups is 1. The molecule has 0 bridgehead atoms. The second kappa shape index (κ2) is 7.79. The van der Waals surface area contributed by atoms with E-state index in [1.165, 1.54) is 12.1 Å². The van der Waals surface area contributed by atoms with E-state index in [4.69, 9.17) is 4.74 Å². The Labute approximate surface area is 178 Å². The van der Waals surface area contributed by atoms with E-state index in [-0.39, 0.29) is 23.1 Å². The molecule has 3 fully saturated rings. The lowest BCUT2D eigenvalue weighted by molar-refractivity contribution is 0.0341. The first-order valence-corrected chi connectivity index (χ1v) is 12.4. The molecule has 166 valence electrons. The van der Waals surface area contributed by atoms with Crippen molar-refractivity contribution < 1.29 is 22.3 Å². The molecule has 3 aliphatic rings. The monoisotopic (exact) mass is 438 g/mol. The summed E-state index contributed by atoms with van der Waals surface area (Å²) in [5, 5.41) is -0.535. The Morgan fingerprint density at radius 1 is 1.17 bits per heavy atom. The molecular formula is C22H31FN2O4S. The van der Waals surface area contributed by atoms with E-state index in [9.17, 15) is 17.6 Å². The van der Waals surface area contributed by atoms with Gasteiger partial charge in [0.25, 0.3) is 5.91 Å². The number of sulfonamides is 1. The van der Waals surface area contributed by atoms with Crippen molar-refractivity contribution in [2.75, 3.05) is 13.1 Å². The van der Waals surface area contributed by atoms with Crippen LogP contribution in [-0.2, 0) is 10.0 Å². The molecule has 0 unspecified atom stereocenters. The summed E-state index contributed by atoms with van der Waals surface area (Å²) in [5.41, 5.74) is 0.619. The highest BCUT2D eigenvalue weighted by molar-refractivity contribution is 7.91. The van der Waals surface area contributed by atoms with Crippen LogP contribution < -0.4 is 9.46 Å². The maximum absolute atomic E-state index is 14.8. The molecule has 1 aromatic rings. The zero-order valence-electron chi connectivity index (χ0n) is 17.9. The molecule has 1 amide bonds. The molecule has 1 saturated heterocycles. The van der Waals surface area contributed by atoms with Gasteiger partial charge in [-0.25, -0.2) is 17.5 Å². The fourth-order valence-electron chi connectivity index (χ4n) is 4.03. The topological polar surface area (TPSA) is 75.7 Å². The first kappa shape index (κ1) is 21.6. The average molecular weight is 439 g/mol. The van der Waals surface area contributed by atoms with E-state index in [0.717, 1.165) is 44.3 Å². The number of benzene rings is 1. The minimum atomic E-state index is -3.72. The number of nitrogens with zero attached hydrogens (tertiary/aromatic N) is 1. The second-order valence-electron chi connectivity index (χ2n) is 9.82. The lowest BCUT2D eigenvalue weighted by atomic mass is 9.99. The summed E-state index contributed by atoms with van der Waals surface area (Å²) in [6.45, 7) is 8.31. The van der Waals surface area contributed by atoms with Gasteiger partial charge in [-0.05, 0) is 83.4 Å². The van der Waals surface area contributed by atoms with Gasteiger partial charge in [0.1, 0.15) is 17.7 Å². The third-order valence-electron chi connectivity index (χ3n) is 6.18. The van der Waals surface area contributed by atoms with Crippen LogP contribution in [-0.4, -0.2) is 49.2 Å². The van der Waals surface area contributed by atoms with Crippen LogP contribution in [0.2, 0.25) is 0 Å². The Morgan fingerprint density at radius 2 is 1.87 bits per heavy atom. The number of piperidine rings is 1. The summed E-state index contributed by atoms with van der Waals surface area (Å²) in [6, 6.07) is 2.76. The first-order chi connectivity index (χ1) is 14.0. The SMILES string of the molecule is CC(C)(C)N1CCC[C@@H](Oc2cc(F)c(C(=O)NS(=O)(=O)C3CC3)cc2C2CC2)C1. The minimum Gasteiger partial charge on any atom is -0.489 e. The number of hydrogen-bond donors (Lipinski definition) is 1. The lowest BCUT2D eigenvalue weighted by Gasteiger charge is -2.41. The molecule has 1 atom stereocenters. The lowest BCUT2D eigenvalue weighted by Crippen LogP contribution is -2.50. The van der Waals surface area contributed by atoms with Crippen LogP contribution in [0.1, 0.15) is 81.1 Å². The molecule has 6 nitrogen and oxygen atoms in total. The predicted molar refractivity (Wildman–Crippen MR) is 113 cm³/mol. The zero-order chi connectivity index (χ0) is 21.7. The summed E-state index contributed by atoms with van der Waals surface area (Å²) >= 11 is 0. The van der Waals surface area contributed by atoms with Gasteiger partial charge in [-0.1, -0.05) is 0 Å². The molecule has 0 spiro atoms. The van der Waals surface area contributed by atoms with Crippen molar-refractivity contribution in [2.24, 2.45) is 0 Å². The number of rotatable bonds is 6. The maximum Gasteiger partial charge on any atom is 0.267 e. The van der Waals surface area contributed by atoms with Crippen LogP contribution in [0.25, 0.3) is 0 Å². The predicted octanol–water partition coefficient (Wildman–Crippen LogP) is 3.57. The summed E-state index contributed by atoms with van der Waals surface area (Å²) in [4.78, 5) is 14.9. The maximum atomic E-state index is 14.8. The van der Waals surface area contributed by atoms with Crippen molar-refractivity contribution in [1.82, 2.24) is 9.62 Å². The highest BCUT2D eigenvalue weighted by atomic mass is 32.2. The molecule has 8 heteroatoms. The Kier molecular flexibility index (Phi) is 5.60. The summed E-state index contributed by atoms with van der Waals surface area (Å²) in [5.74, 6) is -0.933. The third-order valence-corrected chi connectivity index (χ3v) is 8.00. The Hall–Kier alpha value is -1.67.